The maximum absolute atomic E-state index is 12.2. The lowest BCUT2D eigenvalue weighted by Gasteiger charge is -2.09. The molecule has 0 aliphatic carbocycles. The Morgan fingerprint density at radius 2 is 2.29 bits per heavy atom. The molecule has 1 fully saturated rings. The standard InChI is InChI=1S/C14H16N4O3/c19-13(15-7-10-5-6-21-9-10)8-18-14(20)11-3-1-2-4-12(11)16-17-18/h1-4,10H,5-9H2,(H,15,19)/t10-/m0/s1. The third-order valence-electron chi connectivity index (χ3n) is 3.53. The third kappa shape index (κ3) is 3.08. The first-order valence-corrected chi connectivity index (χ1v) is 6.91. The van der Waals surface area contributed by atoms with Gasteiger partial charge in [0.1, 0.15) is 12.1 Å². The zero-order chi connectivity index (χ0) is 14.7. The van der Waals surface area contributed by atoms with Crippen LogP contribution in [0.3, 0.4) is 0 Å². The highest BCUT2D eigenvalue weighted by Crippen LogP contribution is 2.10. The van der Waals surface area contributed by atoms with Crippen LogP contribution in [0.1, 0.15) is 6.42 Å². The molecule has 7 nitrogen and oxygen atoms in total. The second-order valence-electron chi connectivity index (χ2n) is 5.10. The summed E-state index contributed by atoms with van der Waals surface area (Å²) < 4.78 is 6.33. The Labute approximate surface area is 120 Å². The van der Waals surface area contributed by atoms with E-state index in [4.69, 9.17) is 4.74 Å². The molecule has 2 heterocycles. The fourth-order valence-electron chi connectivity index (χ4n) is 2.32. The molecular weight excluding hydrogens is 272 g/mol. The Hall–Kier alpha value is -2.28. The van der Waals surface area contributed by atoms with Crippen molar-refractivity contribution in [3.8, 4) is 0 Å². The van der Waals surface area contributed by atoms with Crippen molar-refractivity contribution in [1.82, 2.24) is 20.3 Å². The van der Waals surface area contributed by atoms with Crippen molar-refractivity contribution in [1.29, 1.82) is 0 Å². The van der Waals surface area contributed by atoms with E-state index in [0.29, 0.717) is 30.0 Å². The Morgan fingerprint density at radius 3 is 3.10 bits per heavy atom. The smallest absolute Gasteiger partial charge is 0.278 e. The van der Waals surface area contributed by atoms with Crippen LogP contribution in [0, 0.1) is 5.92 Å². The molecule has 1 aromatic carbocycles. The van der Waals surface area contributed by atoms with Crippen LogP contribution in [0.5, 0.6) is 0 Å². The van der Waals surface area contributed by atoms with Gasteiger partial charge in [-0.15, -0.1) is 5.10 Å². The summed E-state index contributed by atoms with van der Waals surface area (Å²) in [5, 5.41) is 11.0. The molecule has 1 atom stereocenters. The van der Waals surface area contributed by atoms with Gasteiger partial charge in [-0.25, -0.2) is 4.68 Å². The first kappa shape index (κ1) is 13.7. The molecule has 2 aromatic rings. The molecule has 1 N–H and O–H groups in total. The van der Waals surface area contributed by atoms with Gasteiger partial charge in [0.05, 0.1) is 12.0 Å². The van der Waals surface area contributed by atoms with Crippen molar-refractivity contribution in [2.45, 2.75) is 13.0 Å². The van der Waals surface area contributed by atoms with E-state index in [1.165, 1.54) is 0 Å². The Bertz CT molecular complexity index is 707. The van der Waals surface area contributed by atoms with Crippen LogP contribution in [0.2, 0.25) is 0 Å². The summed E-state index contributed by atoms with van der Waals surface area (Å²) in [6, 6.07) is 6.94. The van der Waals surface area contributed by atoms with Crippen LogP contribution < -0.4 is 10.9 Å². The summed E-state index contributed by atoms with van der Waals surface area (Å²) in [5.41, 5.74) is 0.224. The predicted octanol–water partition coefficient (Wildman–Crippen LogP) is -0.0558. The van der Waals surface area contributed by atoms with Gasteiger partial charge in [-0.1, -0.05) is 17.3 Å². The minimum Gasteiger partial charge on any atom is -0.381 e. The van der Waals surface area contributed by atoms with E-state index in [9.17, 15) is 9.59 Å². The zero-order valence-electron chi connectivity index (χ0n) is 11.5. The summed E-state index contributed by atoms with van der Waals surface area (Å²) in [6.07, 6.45) is 0.954. The summed E-state index contributed by atoms with van der Waals surface area (Å²) in [4.78, 5) is 24.1. The van der Waals surface area contributed by atoms with Crippen LogP contribution in [-0.2, 0) is 16.1 Å². The fraction of sp³-hybridized carbons (Fsp3) is 0.429. The van der Waals surface area contributed by atoms with Crippen LogP contribution in [-0.4, -0.2) is 40.7 Å². The molecule has 7 heteroatoms. The third-order valence-corrected chi connectivity index (χ3v) is 3.53. The molecular formula is C14H16N4O3. The maximum atomic E-state index is 12.2. The van der Waals surface area contributed by atoms with E-state index in [1.807, 2.05) is 0 Å². The van der Waals surface area contributed by atoms with Gasteiger partial charge in [0.15, 0.2) is 0 Å². The van der Waals surface area contributed by atoms with Crippen LogP contribution in [0.25, 0.3) is 10.9 Å². The van der Waals surface area contributed by atoms with Crippen molar-refractivity contribution in [2.75, 3.05) is 19.8 Å². The zero-order valence-corrected chi connectivity index (χ0v) is 11.5. The van der Waals surface area contributed by atoms with Gasteiger partial charge in [0.25, 0.3) is 5.56 Å². The number of rotatable bonds is 4. The normalized spacial score (nSPS) is 18.0. The minimum absolute atomic E-state index is 0.121. The number of amides is 1. The van der Waals surface area contributed by atoms with E-state index in [1.54, 1.807) is 24.3 Å². The SMILES string of the molecule is O=C(Cn1nnc2ccccc2c1=O)NC[C@@H]1CCOC1. The largest absolute Gasteiger partial charge is 0.381 e. The highest BCUT2D eigenvalue weighted by atomic mass is 16.5. The predicted molar refractivity (Wildman–Crippen MR) is 75.7 cm³/mol. The molecule has 21 heavy (non-hydrogen) atoms. The highest BCUT2D eigenvalue weighted by molar-refractivity contribution is 5.78. The van der Waals surface area contributed by atoms with Crippen molar-refractivity contribution >= 4 is 16.8 Å². The first-order valence-electron chi connectivity index (χ1n) is 6.91. The lowest BCUT2D eigenvalue weighted by molar-refractivity contribution is -0.122. The number of nitrogens with zero attached hydrogens (tertiary/aromatic N) is 3. The Kier molecular flexibility index (Phi) is 3.92. The average molecular weight is 288 g/mol. The summed E-state index contributed by atoms with van der Waals surface area (Å²) >= 11 is 0. The summed E-state index contributed by atoms with van der Waals surface area (Å²) in [7, 11) is 0. The maximum Gasteiger partial charge on any atom is 0.278 e. The molecule has 110 valence electrons. The van der Waals surface area contributed by atoms with E-state index >= 15 is 0 Å². The van der Waals surface area contributed by atoms with E-state index in [-0.39, 0.29) is 18.0 Å². The number of aromatic nitrogens is 3. The monoisotopic (exact) mass is 288 g/mol. The molecule has 0 unspecified atom stereocenters. The van der Waals surface area contributed by atoms with Crippen molar-refractivity contribution in [2.24, 2.45) is 5.92 Å². The number of carbonyl (C=O) groups excluding carboxylic acids is 1. The molecule has 1 aromatic heterocycles. The first-order chi connectivity index (χ1) is 10.2. The van der Waals surface area contributed by atoms with E-state index in [0.717, 1.165) is 17.7 Å². The molecule has 0 spiro atoms. The quantitative estimate of drug-likeness (QED) is 0.852. The number of nitrogens with one attached hydrogen (secondary N) is 1. The summed E-state index contributed by atoms with van der Waals surface area (Å²) in [5.74, 6) is 0.113. The molecule has 1 aliphatic rings. The second-order valence-corrected chi connectivity index (χ2v) is 5.10. The number of hydrogen-bond acceptors (Lipinski definition) is 5. The molecule has 1 aliphatic heterocycles. The van der Waals surface area contributed by atoms with Gasteiger partial charge in [0.2, 0.25) is 5.91 Å². The lowest BCUT2D eigenvalue weighted by Crippen LogP contribution is -2.36. The van der Waals surface area contributed by atoms with Gasteiger partial charge < -0.3 is 10.1 Å². The van der Waals surface area contributed by atoms with Gasteiger partial charge in [-0.3, -0.25) is 9.59 Å². The molecule has 3 rings (SSSR count). The molecule has 0 bridgehead atoms. The molecule has 1 saturated heterocycles. The Balaban J connectivity index is 1.68. The van der Waals surface area contributed by atoms with Crippen molar-refractivity contribution in [3.63, 3.8) is 0 Å². The van der Waals surface area contributed by atoms with Gasteiger partial charge in [-0.05, 0) is 18.6 Å². The number of hydrogen-bond donors (Lipinski definition) is 1. The minimum atomic E-state index is -0.306. The molecule has 1 amide bonds. The number of ether oxygens (including phenoxy) is 1. The van der Waals surface area contributed by atoms with Crippen molar-refractivity contribution in [3.05, 3.63) is 34.6 Å². The second kappa shape index (κ2) is 6.01. The molecule has 0 saturated carbocycles. The molecule has 0 radical (unpaired) electrons. The topological polar surface area (TPSA) is 86.1 Å². The van der Waals surface area contributed by atoms with Gasteiger partial charge >= 0.3 is 0 Å². The van der Waals surface area contributed by atoms with Crippen LogP contribution >= 0.6 is 0 Å². The van der Waals surface area contributed by atoms with E-state index < -0.39 is 0 Å². The van der Waals surface area contributed by atoms with Gasteiger partial charge in [0, 0.05) is 19.1 Å². The van der Waals surface area contributed by atoms with Crippen LogP contribution in [0.4, 0.5) is 0 Å². The number of carbonyl (C=O) groups is 1. The Morgan fingerprint density at radius 1 is 1.43 bits per heavy atom. The number of fused-ring (bicyclic) bond motifs is 1. The highest BCUT2D eigenvalue weighted by Gasteiger charge is 2.17. The fourth-order valence-corrected chi connectivity index (χ4v) is 2.32. The van der Waals surface area contributed by atoms with Crippen molar-refractivity contribution < 1.29 is 9.53 Å². The van der Waals surface area contributed by atoms with Crippen LogP contribution in [0.15, 0.2) is 29.1 Å². The number of benzene rings is 1. The lowest BCUT2D eigenvalue weighted by atomic mass is 10.1. The average Bonchev–Trinajstić information content (AvgIpc) is 3.02. The van der Waals surface area contributed by atoms with E-state index in [2.05, 4.69) is 15.6 Å². The summed E-state index contributed by atoms with van der Waals surface area (Å²) in [6.45, 7) is 1.87. The van der Waals surface area contributed by atoms with Gasteiger partial charge in [-0.2, -0.15) is 0 Å².